The van der Waals surface area contributed by atoms with Gasteiger partial charge in [-0.2, -0.15) is 0 Å². The van der Waals surface area contributed by atoms with E-state index in [4.69, 9.17) is 0 Å². The van der Waals surface area contributed by atoms with Gasteiger partial charge < -0.3 is 9.88 Å². The van der Waals surface area contributed by atoms with Crippen LogP contribution in [0.15, 0.2) is 41.1 Å². The SMILES string of the molecule is Cc1cccc(-c2nnc(SC(C)C(=O)NCCC3=CCCCC3)n2C)c1. The van der Waals surface area contributed by atoms with E-state index >= 15 is 0 Å². The van der Waals surface area contributed by atoms with Crippen molar-refractivity contribution in [2.45, 2.75) is 56.4 Å². The van der Waals surface area contributed by atoms with Gasteiger partial charge in [0.1, 0.15) is 0 Å². The Labute approximate surface area is 165 Å². The van der Waals surface area contributed by atoms with Crippen LogP contribution in [0.2, 0.25) is 0 Å². The molecule has 1 unspecified atom stereocenters. The van der Waals surface area contributed by atoms with E-state index < -0.39 is 0 Å². The maximum absolute atomic E-state index is 12.4. The van der Waals surface area contributed by atoms with Crippen LogP contribution < -0.4 is 5.32 Å². The quantitative estimate of drug-likeness (QED) is 0.572. The standard InChI is InChI=1S/C21H28N4OS/c1-15-8-7-11-18(14-15)19-23-24-21(25(19)3)27-16(2)20(26)22-13-12-17-9-5-4-6-10-17/h7-9,11,14,16H,4-6,10,12-13H2,1-3H3,(H,22,26). The molecule has 1 aromatic heterocycles. The number of benzene rings is 1. The van der Waals surface area contributed by atoms with Crippen molar-refractivity contribution in [2.75, 3.05) is 6.54 Å². The van der Waals surface area contributed by atoms with Crippen LogP contribution in [0.4, 0.5) is 0 Å². The second kappa shape index (κ2) is 9.22. The van der Waals surface area contributed by atoms with Gasteiger partial charge in [0.05, 0.1) is 5.25 Å². The van der Waals surface area contributed by atoms with Crippen molar-refractivity contribution in [1.29, 1.82) is 0 Å². The Balaban J connectivity index is 1.55. The van der Waals surface area contributed by atoms with Crippen LogP contribution in [0, 0.1) is 6.92 Å². The van der Waals surface area contributed by atoms with E-state index in [9.17, 15) is 4.79 Å². The van der Waals surface area contributed by atoms with Gasteiger partial charge in [-0.05, 0) is 52.0 Å². The number of rotatable bonds is 7. The molecule has 0 spiro atoms. The second-order valence-corrected chi connectivity index (χ2v) is 8.45. The van der Waals surface area contributed by atoms with Gasteiger partial charge in [0.25, 0.3) is 0 Å². The molecule has 27 heavy (non-hydrogen) atoms. The molecule has 1 aliphatic rings. The highest BCUT2D eigenvalue weighted by Gasteiger charge is 2.19. The molecule has 1 N–H and O–H groups in total. The topological polar surface area (TPSA) is 59.8 Å². The maximum atomic E-state index is 12.4. The number of nitrogens with zero attached hydrogens (tertiary/aromatic N) is 3. The monoisotopic (exact) mass is 384 g/mol. The molecular weight excluding hydrogens is 356 g/mol. The van der Waals surface area contributed by atoms with Crippen LogP contribution in [0.1, 0.15) is 44.6 Å². The fraction of sp³-hybridized carbons (Fsp3) is 0.476. The van der Waals surface area contributed by atoms with Crippen LogP contribution >= 0.6 is 11.8 Å². The Hall–Kier alpha value is -2.08. The highest BCUT2D eigenvalue weighted by Crippen LogP contribution is 2.26. The van der Waals surface area contributed by atoms with Gasteiger partial charge in [0, 0.05) is 19.2 Å². The lowest BCUT2D eigenvalue weighted by Crippen LogP contribution is -2.32. The summed E-state index contributed by atoms with van der Waals surface area (Å²) in [6.07, 6.45) is 8.24. The Morgan fingerprint density at radius 3 is 2.93 bits per heavy atom. The molecule has 1 heterocycles. The predicted octanol–water partition coefficient (Wildman–Crippen LogP) is 4.28. The lowest BCUT2D eigenvalue weighted by atomic mass is 9.97. The fourth-order valence-electron chi connectivity index (χ4n) is 3.29. The van der Waals surface area contributed by atoms with Gasteiger partial charge in [0.15, 0.2) is 11.0 Å². The summed E-state index contributed by atoms with van der Waals surface area (Å²) in [6.45, 7) is 4.69. The summed E-state index contributed by atoms with van der Waals surface area (Å²) in [7, 11) is 1.94. The first-order valence-corrected chi connectivity index (χ1v) is 10.5. The highest BCUT2D eigenvalue weighted by molar-refractivity contribution is 8.00. The number of thioether (sulfide) groups is 1. The van der Waals surface area contributed by atoms with Gasteiger partial charge in [-0.25, -0.2) is 0 Å². The van der Waals surface area contributed by atoms with Crippen molar-refractivity contribution in [1.82, 2.24) is 20.1 Å². The summed E-state index contributed by atoms with van der Waals surface area (Å²) in [5, 5.41) is 12.2. The summed E-state index contributed by atoms with van der Waals surface area (Å²) in [5.74, 6) is 0.870. The van der Waals surface area contributed by atoms with Crippen molar-refractivity contribution in [3.05, 3.63) is 41.5 Å². The molecule has 1 aliphatic carbocycles. The zero-order valence-corrected chi connectivity index (χ0v) is 17.2. The van der Waals surface area contributed by atoms with Crippen molar-refractivity contribution in [3.8, 4) is 11.4 Å². The third-order valence-electron chi connectivity index (χ3n) is 4.89. The van der Waals surface area contributed by atoms with E-state index in [-0.39, 0.29) is 11.2 Å². The maximum Gasteiger partial charge on any atom is 0.233 e. The summed E-state index contributed by atoms with van der Waals surface area (Å²) in [4.78, 5) is 12.4. The number of aromatic nitrogens is 3. The van der Waals surface area contributed by atoms with E-state index in [1.54, 1.807) is 0 Å². The Morgan fingerprint density at radius 2 is 2.19 bits per heavy atom. The average Bonchev–Trinajstić information content (AvgIpc) is 3.03. The van der Waals surface area contributed by atoms with Crippen molar-refractivity contribution in [2.24, 2.45) is 7.05 Å². The van der Waals surface area contributed by atoms with Crippen molar-refractivity contribution < 1.29 is 4.79 Å². The molecule has 2 aromatic rings. The number of carbonyl (C=O) groups is 1. The molecule has 1 amide bonds. The Bertz CT molecular complexity index is 827. The van der Waals surface area contributed by atoms with Gasteiger partial charge in [0.2, 0.25) is 5.91 Å². The molecule has 0 fully saturated rings. The molecule has 1 atom stereocenters. The molecule has 0 bridgehead atoms. The molecule has 6 heteroatoms. The number of allylic oxidation sites excluding steroid dienone is 1. The fourth-order valence-corrected chi connectivity index (χ4v) is 4.13. The number of hydrogen-bond acceptors (Lipinski definition) is 4. The Morgan fingerprint density at radius 1 is 1.33 bits per heavy atom. The minimum atomic E-state index is -0.210. The third-order valence-corrected chi connectivity index (χ3v) is 6.03. The average molecular weight is 385 g/mol. The van der Waals surface area contributed by atoms with Crippen LogP contribution in [0.25, 0.3) is 11.4 Å². The second-order valence-electron chi connectivity index (χ2n) is 7.14. The minimum Gasteiger partial charge on any atom is -0.355 e. The van der Waals surface area contributed by atoms with Crippen LogP contribution in [-0.2, 0) is 11.8 Å². The smallest absolute Gasteiger partial charge is 0.233 e. The molecule has 5 nitrogen and oxygen atoms in total. The zero-order valence-electron chi connectivity index (χ0n) is 16.4. The predicted molar refractivity (Wildman–Crippen MR) is 111 cm³/mol. The molecule has 0 saturated heterocycles. The largest absolute Gasteiger partial charge is 0.355 e. The Kier molecular flexibility index (Phi) is 6.72. The van der Waals surface area contributed by atoms with Crippen LogP contribution in [0.5, 0.6) is 0 Å². The lowest BCUT2D eigenvalue weighted by Gasteiger charge is -2.14. The minimum absolute atomic E-state index is 0.0523. The molecule has 0 radical (unpaired) electrons. The summed E-state index contributed by atoms with van der Waals surface area (Å²) in [5.41, 5.74) is 3.71. The van der Waals surface area contributed by atoms with E-state index in [0.717, 1.165) is 23.0 Å². The van der Waals surface area contributed by atoms with E-state index in [1.807, 2.05) is 30.7 Å². The molecule has 0 saturated carbocycles. The normalized spacial score (nSPS) is 15.3. The van der Waals surface area contributed by atoms with E-state index in [0.29, 0.717) is 6.54 Å². The molecule has 144 valence electrons. The van der Waals surface area contributed by atoms with Crippen LogP contribution in [-0.4, -0.2) is 32.5 Å². The van der Waals surface area contributed by atoms with Crippen molar-refractivity contribution >= 4 is 17.7 Å². The zero-order chi connectivity index (χ0) is 19.2. The number of carbonyl (C=O) groups excluding carboxylic acids is 1. The first-order chi connectivity index (χ1) is 13.0. The van der Waals surface area contributed by atoms with Gasteiger partial charge in [-0.3, -0.25) is 4.79 Å². The number of amides is 1. The number of nitrogens with one attached hydrogen (secondary N) is 1. The summed E-state index contributed by atoms with van der Waals surface area (Å²) < 4.78 is 1.95. The molecule has 1 aromatic carbocycles. The van der Waals surface area contributed by atoms with E-state index in [2.05, 4.69) is 40.6 Å². The number of hydrogen-bond donors (Lipinski definition) is 1. The number of aryl methyl sites for hydroxylation is 1. The lowest BCUT2D eigenvalue weighted by molar-refractivity contribution is -0.120. The molecule has 0 aliphatic heterocycles. The first kappa shape index (κ1) is 19.7. The van der Waals surface area contributed by atoms with Gasteiger partial charge in [-0.15, -0.1) is 10.2 Å². The summed E-state index contributed by atoms with van der Waals surface area (Å²) in [6, 6.07) is 8.20. The summed E-state index contributed by atoms with van der Waals surface area (Å²) >= 11 is 1.45. The first-order valence-electron chi connectivity index (χ1n) is 9.63. The van der Waals surface area contributed by atoms with Gasteiger partial charge >= 0.3 is 0 Å². The third kappa shape index (κ3) is 5.22. The van der Waals surface area contributed by atoms with Crippen LogP contribution in [0.3, 0.4) is 0 Å². The van der Waals surface area contributed by atoms with Gasteiger partial charge in [-0.1, -0.05) is 47.2 Å². The van der Waals surface area contributed by atoms with E-state index in [1.165, 1.54) is 48.6 Å². The molecular formula is C21H28N4OS. The molecule has 3 rings (SSSR count). The van der Waals surface area contributed by atoms with Crippen molar-refractivity contribution in [3.63, 3.8) is 0 Å². The highest BCUT2D eigenvalue weighted by atomic mass is 32.2.